The van der Waals surface area contributed by atoms with Gasteiger partial charge in [-0.25, -0.2) is 5.01 Å². The number of carbonyl (C=O) groups excluding carboxylic acids is 2. The Morgan fingerprint density at radius 1 is 1.06 bits per heavy atom. The molecule has 1 amide bonds. The Kier molecular flexibility index (Phi) is 6.49. The summed E-state index contributed by atoms with van der Waals surface area (Å²) in [4.78, 5) is 25.0. The minimum Gasteiger partial charge on any atom is -0.545 e. The number of amides is 1. The Balaban J connectivity index is 1.83. The number of carboxylic acids is 1. The van der Waals surface area contributed by atoms with Gasteiger partial charge in [0.2, 0.25) is 0 Å². The number of hydrogen-bond donors (Lipinski definition) is 0. The Morgan fingerprint density at radius 2 is 1.79 bits per heavy atom. The van der Waals surface area contributed by atoms with Gasteiger partial charge >= 0.3 is 0 Å². The molecule has 0 aromatic heterocycles. The van der Waals surface area contributed by atoms with Crippen LogP contribution in [0.15, 0.2) is 53.7 Å². The zero-order valence-corrected chi connectivity index (χ0v) is 19.0. The van der Waals surface area contributed by atoms with Gasteiger partial charge in [0.1, 0.15) is 0 Å². The molecule has 1 aliphatic heterocycles. The van der Waals surface area contributed by atoms with E-state index in [1.807, 2.05) is 31.2 Å². The van der Waals surface area contributed by atoms with Crippen LogP contribution in [0.4, 0.5) is 5.69 Å². The van der Waals surface area contributed by atoms with E-state index < -0.39 is 5.97 Å². The van der Waals surface area contributed by atoms with Gasteiger partial charge in [-0.1, -0.05) is 31.6 Å². The van der Waals surface area contributed by atoms with Crippen molar-refractivity contribution in [1.82, 2.24) is 0 Å². The Bertz CT molecular complexity index is 1140. The molecule has 1 aliphatic carbocycles. The maximum Gasteiger partial charge on any atom is 0.251 e. The number of aromatic carboxylic acids is 1. The summed E-state index contributed by atoms with van der Waals surface area (Å²) in [7, 11) is 3.17. The topological polar surface area (TPSA) is 91.3 Å². The summed E-state index contributed by atoms with van der Waals surface area (Å²) in [5, 5.41) is 17.8. The predicted octanol–water partition coefficient (Wildman–Crippen LogP) is 3.35. The lowest BCUT2D eigenvalue weighted by Crippen LogP contribution is -2.45. The molecule has 0 N–H and O–H groups in total. The number of ether oxygens (including phenoxy) is 2. The van der Waals surface area contributed by atoms with Crippen molar-refractivity contribution in [1.29, 1.82) is 0 Å². The fraction of sp³-hybridized carbons (Fsp3) is 0.346. The fourth-order valence-electron chi connectivity index (χ4n) is 4.62. The smallest absolute Gasteiger partial charge is 0.251 e. The highest BCUT2D eigenvalue weighted by Crippen LogP contribution is 2.38. The van der Waals surface area contributed by atoms with Gasteiger partial charge in [-0.2, -0.15) is 5.10 Å². The van der Waals surface area contributed by atoms with Crippen LogP contribution < -0.4 is 19.6 Å². The van der Waals surface area contributed by atoms with Gasteiger partial charge in [0, 0.05) is 17.0 Å². The number of rotatable bonds is 7. The summed E-state index contributed by atoms with van der Waals surface area (Å²) >= 11 is 0. The van der Waals surface area contributed by atoms with E-state index in [1.54, 1.807) is 26.4 Å². The number of methoxy groups -OCH3 is 2. The van der Waals surface area contributed by atoms with Crippen LogP contribution in [-0.2, 0) is 11.2 Å². The van der Waals surface area contributed by atoms with Gasteiger partial charge in [0.25, 0.3) is 5.91 Å². The first kappa shape index (κ1) is 22.6. The standard InChI is InChI=1S/C26H28N2O5/c1-4-7-16-14-18(11-12-19(16)26(30)31)28-25(29)21-9-6-5-8-20(21)24(27-28)17-10-13-22(32-2)23(15-17)33-3/h5-6,10-15,20-21H,4,7-9H2,1-3H3,(H,30,31)/p-1. The van der Waals surface area contributed by atoms with Crippen LogP contribution in [0.25, 0.3) is 0 Å². The lowest BCUT2D eigenvalue weighted by Gasteiger charge is -2.37. The number of hydrogen-bond acceptors (Lipinski definition) is 6. The van der Waals surface area contributed by atoms with E-state index in [-0.39, 0.29) is 23.3 Å². The Hall–Kier alpha value is -3.61. The van der Waals surface area contributed by atoms with Crippen molar-refractivity contribution in [2.45, 2.75) is 32.6 Å². The Labute approximate surface area is 193 Å². The van der Waals surface area contributed by atoms with E-state index in [0.717, 1.165) is 24.1 Å². The van der Waals surface area contributed by atoms with E-state index in [9.17, 15) is 14.7 Å². The largest absolute Gasteiger partial charge is 0.545 e. The normalized spacial score (nSPS) is 19.7. The lowest BCUT2D eigenvalue weighted by molar-refractivity contribution is -0.255. The summed E-state index contributed by atoms with van der Waals surface area (Å²) in [6.07, 6.45) is 6.83. The minimum atomic E-state index is -1.22. The summed E-state index contributed by atoms with van der Waals surface area (Å²) < 4.78 is 10.8. The number of nitrogens with zero attached hydrogens (tertiary/aromatic N) is 2. The summed E-state index contributed by atoms with van der Waals surface area (Å²) in [5.41, 5.74) is 2.99. The first-order valence-electron chi connectivity index (χ1n) is 11.1. The molecule has 2 aromatic carbocycles. The van der Waals surface area contributed by atoms with Crippen molar-refractivity contribution < 1.29 is 24.2 Å². The Morgan fingerprint density at radius 3 is 2.45 bits per heavy atom. The first-order chi connectivity index (χ1) is 16.0. The van der Waals surface area contributed by atoms with Crippen LogP contribution in [0.1, 0.15) is 47.7 Å². The van der Waals surface area contributed by atoms with E-state index >= 15 is 0 Å². The van der Waals surface area contributed by atoms with Crippen LogP contribution >= 0.6 is 0 Å². The molecule has 2 aliphatic rings. The van der Waals surface area contributed by atoms with Crippen LogP contribution in [0, 0.1) is 11.8 Å². The van der Waals surface area contributed by atoms with Gasteiger partial charge in [-0.15, -0.1) is 0 Å². The molecular formula is C26H27N2O5-. The number of carbonyl (C=O) groups is 2. The van der Waals surface area contributed by atoms with Gasteiger partial charge in [-0.05, 0) is 55.2 Å². The molecule has 0 spiro atoms. The molecule has 4 rings (SSSR count). The van der Waals surface area contributed by atoms with Gasteiger partial charge in [-0.3, -0.25) is 4.79 Å². The van der Waals surface area contributed by atoms with Crippen molar-refractivity contribution >= 4 is 23.3 Å². The van der Waals surface area contributed by atoms with Gasteiger partial charge in [0.05, 0.1) is 37.5 Å². The summed E-state index contributed by atoms with van der Waals surface area (Å²) in [5.74, 6) is -0.389. The van der Waals surface area contributed by atoms with E-state index in [1.165, 1.54) is 11.1 Å². The molecule has 2 atom stereocenters. The fourth-order valence-corrected chi connectivity index (χ4v) is 4.62. The highest BCUT2D eigenvalue weighted by Gasteiger charge is 2.40. The molecule has 1 heterocycles. The molecule has 0 saturated carbocycles. The number of allylic oxidation sites excluding steroid dienone is 2. The van der Waals surface area contributed by atoms with Crippen LogP contribution in [0.2, 0.25) is 0 Å². The van der Waals surface area contributed by atoms with Crippen LogP contribution in [0.5, 0.6) is 11.5 Å². The third kappa shape index (κ3) is 4.23. The minimum absolute atomic E-state index is 0.0468. The molecule has 2 unspecified atom stereocenters. The number of aryl methyl sites for hydroxylation is 1. The third-order valence-corrected chi connectivity index (χ3v) is 6.27. The third-order valence-electron chi connectivity index (χ3n) is 6.27. The highest BCUT2D eigenvalue weighted by molar-refractivity contribution is 6.11. The van der Waals surface area contributed by atoms with Crippen molar-refractivity contribution in [3.63, 3.8) is 0 Å². The molecule has 7 nitrogen and oxygen atoms in total. The van der Waals surface area contributed by atoms with Crippen molar-refractivity contribution in [2.24, 2.45) is 16.9 Å². The molecule has 2 aromatic rings. The second kappa shape index (κ2) is 9.48. The molecule has 0 bridgehead atoms. The molecule has 0 fully saturated rings. The second-order valence-corrected chi connectivity index (χ2v) is 8.24. The zero-order chi connectivity index (χ0) is 23.5. The van der Waals surface area contributed by atoms with Crippen molar-refractivity contribution in [2.75, 3.05) is 19.2 Å². The van der Waals surface area contributed by atoms with Gasteiger partial charge < -0.3 is 19.4 Å². The number of hydrazone groups is 1. The maximum atomic E-state index is 13.5. The molecule has 33 heavy (non-hydrogen) atoms. The second-order valence-electron chi connectivity index (χ2n) is 8.24. The van der Waals surface area contributed by atoms with Crippen LogP contribution in [-0.4, -0.2) is 31.8 Å². The molecule has 7 heteroatoms. The quantitative estimate of drug-likeness (QED) is 0.607. The first-order valence-corrected chi connectivity index (χ1v) is 11.1. The lowest BCUT2D eigenvalue weighted by atomic mass is 9.76. The van der Waals surface area contributed by atoms with E-state index in [4.69, 9.17) is 14.6 Å². The summed E-state index contributed by atoms with van der Waals surface area (Å²) in [6.45, 7) is 1.98. The number of benzene rings is 2. The number of fused-ring (bicyclic) bond motifs is 1. The average molecular weight is 448 g/mol. The average Bonchev–Trinajstić information content (AvgIpc) is 2.84. The number of carboxylic acid groups (broad SMARTS) is 1. The molecule has 0 saturated heterocycles. The van der Waals surface area contributed by atoms with Gasteiger partial charge in [0.15, 0.2) is 11.5 Å². The SMILES string of the molecule is CCCc1cc(N2N=C(c3ccc(OC)c(OC)c3)C3CC=CCC3C2=O)ccc1C(=O)[O-]. The van der Waals surface area contributed by atoms with Crippen molar-refractivity contribution in [3.8, 4) is 11.5 Å². The van der Waals surface area contributed by atoms with Crippen molar-refractivity contribution in [3.05, 3.63) is 65.2 Å². The van der Waals surface area contributed by atoms with Crippen LogP contribution in [0.3, 0.4) is 0 Å². The number of anilines is 1. The molecular weight excluding hydrogens is 420 g/mol. The monoisotopic (exact) mass is 447 g/mol. The van der Waals surface area contributed by atoms with E-state index in [0.29, 0.717) is 35.6 Å². The van der Waals surface area contributed by atoms with E-state index in [2.05, 4.69) is 6.08 Å². The maximum absolute atomic E-state index is 13.5. The summed E-state index contributed by atoms with van der Waals surface area (Å²) in [6, 6.07) is 10.5. The highest BCUT2D eigenvalue weighted by atomic mass is 16.5. The predicted molar refractivity (Wildman–Crippen MR) is 124 cm³/mol. The zero-order valence-electron chi connectivity index (χ0n) is 19.0. The molecule has 0 radical (unpaired) electrons. The molecule has 172 valence electrons.